The van der Waals surface area contributed by atoms with E-state index in [2.05, 4.69) is 36.9 Å². The molecule has 0 bridgehead atoms. The second-order valence-electron chi connectivity index (χ2n) is 5.52. The van der Waals surface area contributed by atoms with E-state index in [-0.39, 0.29) is 35.9 Å². The van der Waals surface area contributed by atoms with Crippen LogP contribution in [0.25, 0.3) is 0 Å². The molecule has 25 heavy (non-hydrogen) atoms. The van der Waals surface area contributed by atoms with E-state index in [0.717, 1.165) is 22.3 Å². The number of hydrogen-bond acceptors (Lipinski definition) is 3. The molecule has 0 aromatic heterocycles. The van der Waals surface area contributed by atoms with Crippen molar-refractivity contribution in [3.8, 4) is 0 Å². The zero-order valence-corrected chi connectivity index (χ0v) is 19.1. The maximum absolute atomic E-state index is 12.1. The molecule has 8 heteroatoms. The smallest absolute Gasteiger partial charge is 0.226 e. The molecule has 0 heterocycles. The molecular weight excluding hydrogens is 499 g/mol. The quantitative estimate of drug-likeness (QED) is 0.276. The van der Waals surface area contributed by atoms with Crippen LogP contribution in [0.4, 0.5) is 5.69 Å². The number of anilines is 1. The van der Waals surface area contributed by atoms with E-state index in [9.17, 15) is 4.79 Å². The zero-order valence-electron chi connectivity index (χ0n) is 15.2. The molecule has 0 radical (unpaired) electrons. The van der Waals surface area contributed by atoms with Crippen LogP contribution in [0.5, 0.6) is 0 Å². The summed E-state index contributed by atoms with van der Waals surface area (Å²) in [6, 6.07) is 5.95. The summed E-state index contributed by atoms with van der Waals surface area (Å²) in [6.07, 6.45) is 0.321. The lowest BCUT2D eigenvalue weighted by atomic mass is 10.2. The second-order valence-corrected chi connectivity index (χ2v) is 6.43. The van der Waals surface area contributed by atoms with Crippen LogP contribution in [0.3, 0.4) is 0 Å². The van der Waals surface area contributed by atoms with Crippen LogP contribution in [0, 0.1) is 6.92 Å². The lowest BCUT2D eigenvalue weighted by Gasteiger charge is -2.17. The molecule has 0 fully saturated rings. The number of benzene rings is 1. The van der Waals surface area contributed by atoms with Crippen molar-refractivity contribution in [1.29, 1.82) is 0 Å². The summed E-state index contributed by atoms with van der Waals surface area (Å²) in [5, 5.41) is 9.31. The van der Waals surface area contributed by atoms with Gasteiger partial charge in [-0.1, -0.05) is 22.0 Å². The van der Waals surface area contributed by atoms with E-state index in [1.807, 2.05) is 39.0 Å². The van der Waals surface area contributed by atoms with Gasteiger partial charge in [-0.2, -0.15) is 0 Å². The van der Waals surface area contributed by atoms with Crippen LogP contribution < -0.4 is 16.0 Å². The highest BCUT2D eigenvalue weighted by atomic mass is 127. The molecule has 3 N–H and O–H groups in total. The van der Waals surface area contributed by atoms with Gasteiger partial charge < -0.3 is 20.7 Å². The summed E-state index contributed by atoms with van der Waals surface area (Å²) < 4.78 is 6.04. The number of hydrogen-bond donors (Lipinski definition) is 3. The number of methoxy groups -OCH3 is 1. The Morgan fingerprint density at radius 3 is 2.76 bits per heavy atom. The summed E-state index contributed by atoms with van der Waals surface area (Å²) in [5.41, 5.74) is 1.84. The Bertz CT molecular complexity index is 570. The van der Waals surface area contributed by atoms with Crippen molar-refractivity contribution in [1.82, 2.24) is 10.6 Å². The molecule has 0 saturated heterocycles. The maximum atomic E-state index is 12.1. The molecule has 0 aliphatic rings. The normalized spacial score (nSPS) is 12.1. The molecule has 1 aromatic rings. The molecule has 0 aliphatic heterocycles. The number of nitrogens with one attached hydrogen (secondary N) is 3. The van der Waals surface area contributed by atoms with E-state index in [0.29, 0.717) is 25.5 Å². The van der Waals surface area contributed by atoms with Crippen molar-refractivity contribution in [2.24, 2.45) is 4.99 Å². The lowest BCUT2D eigenvalue weighted by Crippen LogP contribution is -2.44. The SMILES string of the molecule is CCNC(=NCCC(=O)Nc1cc(Br)ccc1C)NC(C)COC.I. The van der Waals surface area contributed by atoms with Gasteiger partial charge in [-0.05, 0) is 38.5 Å². The van der Waals surface area contributed by atoms with Gasteiger partial charge in [-0.15, -0.1) is 24.0 Å². The predicted octanol–water partition coefficient (Wildman–Crippen LogP) is 3.29. The Kier molecular flexibility index (Phi) is 12.9. The van der Waals surface area contributed by atoms with Gasteiger partial charge in [0.2, 0.25) is 5.91 Å². The number of rotatable bonds is 8. The zero-order chi connectivity index (χ0) is 17.9. The fraction of sp³-hybridized carbons (Fsp3) is 0.529. The number of aryl methyl sites for hydroxylation is 1. The van der Waals surface area contributed by atoms with E-state index >= 15 is 0 Å². The van der Waals surface area contributed by atoms with Gasteiger partial charge in [0.1, 0.15) is 0 Å². The molecule has 1 aromatic carbocycles. The number of aliphatic imine (C=N–C) groups is 1. The molecule has 0 saturated carbocycles. The first-order chi connectivity index (χ1) is 11.5. The number of carbonyl (C=O) groups excluding carboxylic acids is 1. The summed E-state index contributed by atoms with van der Waals surface area (Å²) in [5.74, 6) is 0.634. The Balaban J connectivity index is 0.00000576. The van der Waals surface area contributed by atoms with E-state index in [1.165, 1.54) is 0 Å². The molecule has 0 spiro atoms. The number of carbonyl (C=O) groups is 1. The first-order valence-corrected chi connectivity index (χ1v) is 8.85. The highest BCUT2D eigenvalue weighted by Crippen LogP contribution is 2.20. The highest BCUT2D eigenvalue weighted by Gasteiger charge is 2.07. The molecule has 6 nitrogen and oxygen atoms in total. The second kappa shape index (κ2) is 13.3. The summed E-state index contributed by atoms with van der Waals surface area (Å²) in [7, 11) is 1.66. The number of amides is 1. The van der Waals surface area contributed by atoms with Crippen LogP contribution in [0.15, 0.2) is 27.7 Å². The fourth-order valence-electron chi connectivity index (χ4n) is 2.06. The molecule has 0 aliphatic carbocycles. The molecular formula is C17H28BrIN4O2. The minimum atomic E-state index is -0.0549. The predicted molar refractivity (Wildman–Crippen MR) is 118 cm³/mol. The number of guanidine groups is 1. The van der Waals surface area contributed by atoms with Crippen molar-refractivity contribution in [2.75, 3.05) is 32.1 Å². The van der Waals surface area contributed by atoms with E-state index in [4.69, 9.17) is 4.74 Å². The van der Waals surface area contributed by atoms with Gasteiger partial charge in [0.25, 0.3) is 0 Å². The molecule has 142 valence electrons. The van der Waals surface area contributed by atoms with Crippen molar-refractivity contribution in [3.05, 3.63) is 28.2 Å². The molecule has 1 rings (SSSR count). The topological polar surface area (TPSA) is 74.8 Å². The first kappa shape index (κ1) is 24.1. The number of nitrogens with zero attached hydrogens (tertiary/aromatic N) is 1. The first-order valence-electron chi connectivity index (χ1n) is 8.06. The van der Waals surface area contributed by atoms with Crippen LogP contribution >= 0.6 is 39.9 Å². The monoisotopic (exact) mass is 526 g/mol. The van der Waals surface area contributed by atoms with Crippen LogP contribution in [-0.2, 0) is 9.53 Å². The van der Waals surface area contributed by atoms with Crippen molar-refractivity contribution in [3.63, 3.8) is 0 Å². The summed E-state index contributed by atoms with van der Waals surface area (Å²) >= 11 is 3.41. The Morgan fingerprint density at radius 1 is 1.40 bits per heavy atom. The van der Waals surface area contributed by atoms with Crippen molar-refractivity contribution in [2.45, 2.75) is 33.2 Å². The average Bonchev–Trinajstić information content (AvgIpc) is 2.51. The summed E-state index contributed by atoms with van der Waals surface area (Å²) in [4.78, 5) is 16.5. The van der Waals surface area contributed by atoms with Gasteiger partial charge in [0, 0.05) is 36.3 Å². The molecule has 1 unspecified atom stereocenters. The number of halogens is 2. The average molecular weight is 527 g/mol. The molecule has 1 atom stereocenters. The standard InChI is InChI=1S/C17H27BrN4O2.HI/c1-5-19-17(21-13(3)11-24-4)20-9-8-16(23)22-15-10-14(18)7-6-12(15)2;/h6-7,10,13H,5,8-9,11H2,1-4H3,(H,22,23)(H2,19,20,21);1H. The fourth-order valence-corrected chi connectivity index (χ4v) is 2.42. The largest absolute Gasteiger partial charge is 0.383 e. The lowest BCUT2D eigenvalue weighted by molar-refractivity contribution is -0.116. The minimum Gasteiger partial charge on any atom is -0.383 e. The third kappa shape index (κ3) is 10.0. The van der Waals surface area contributed by atoms with Crippen LogP contribution in [0.2, 0.25) is 0 Å². The van der Waals surface area contributed by atoms with Gasteiger partial charge in [0.15, 0.2) is 5.96 Å². The van der Waals surface area contributed by atoms with Crippen molar-refractivity contribution >= 4 is 57.5 Å². The van der Waals surface area contributed by atoms with Crippen LogP contribution in [0.1, 0.15) is 25.8 Å². The minimum absolute atomic E-state index is 0. The molecule has 1 amide bonds. The van der Waals surface area contributed by atoms with E-state index in [1.54, 1.807) is 7.11 Å². The van der Waals surface area contributed by atoms with Gasteiger partial charge in [-0.3, -0.25) is 9.79 Å². The van der Waals surface area contributed by atoms with Gasteiger partial charge in [-0.25, -0.2) is 0 Å². The van der Waals surface area contributed by atoms with Crippen LogP contribution in [-0.4, -0.2) is 44.7 Å². The summed E-state index contributed by atoms with van der Waals surface area (Å²) in [6.45, 7) is 7.74. The van der Waals surface area contributed by atoms with Gasteiger partial charge >= 0.3 is 0 Å². The Labute approximate surface area is 175 Å². The maximum Gasteiger partial charge on any atom is 0.226 e. The Hall–Kier alpha value is -0.870. The number of ether oxygens (including phenoxy) is 1. The van der Waals surface area contributed by atoms with E-state index < -0.39 is 0 Å². The third-order valence-corrected chi connectivity index (χ3v) is 3.72. The van der Waals surface area contributed by atoms with Crippen molar-refractivity contribution < 1.29 is 9.53 Å². The third-order valence-electron chi connectivity index (χ3n) is 3.23. The highest BCUT2D eigenvalue weighted by molar-refractivity contribution is 14.0. The van der Waals surface area contributed by atoms with Gasteiger partial charge in [0.05, 0.1) is 13.2 Å². The Morgan fingerprint density at radius 2 is 2.12 bits per heavy atom.